The van der Waals surface area contributed by atoms with Gasteiger partial charge in [-0.05, 0) is 60.1 Å². The first-order valence-electron chi connectivity index (χ1n) is 7.20. The van der Waals surface area contributed by atoms with Gasteiger partial charge in [0.2, 0.25) is 0 Å². The van der Waals surface area contributed by atoms with Gasteiger partial charge in [-0.3, -0.25) is 0 Å². The van der Waals surface area contributed by atoms with E-state index in [1.54, 1.807) is 0 Å². The third-order valence-corrected chi connectivity index (χ3v) is 4.61. The highest BCUT2D eigenvalue weighted by Crippen LogP contribution is 2.41. The molecule has 0 bridgehead atoms. The number of halogens is 1. The molecule has 1 N–H and O–H groups in total. The molecule has 1 nitrogen and oxygen atoms in total. The first kappa shape index (κ1) is 13.7. The van der Waals surface area contributed by atoms with Crippen LogP contribution in [0.4, 0.5) is 0 Å². The number of aliphatic hydroxyl groups is 1. The van der Waals surface area contributed by atoms with Gasteiger partial charge in [0.15, 0.2) is 0 Å². The minimum Gasteiger partial charge on any atom is -0.384 e. The summed E-state index contributed by atoms with van der Waals surface area (Å²) in [4.78, 5) is 0. The Hall–Kier alpha value is -1.31. The Morgan fingerprint density at radius 3 is 2.55 bits per heavy atom. The van der Waals surface area contributed by atoms with Crippen LogP contribution in [-0.4, -0.2) is 5.11 Å². The summed E-state index contributed by atoms with van der Waals surface area (Å²) in [6.45, 7) is 2.01. The van der Waals surface area contributed by atoms with Gasteiger partial charge in [-0.2, -0.15) is 0 Å². The molecule has 0 aliphatic heterocycles. The second kappa shape index (κ2) is 5.59. The van der Waals surface area contributed by atoms with Crippen molar-refractivity contribution in [2.24, 2.45) is 0 Å². The van der Waals surface area contributed by atoms with Gasteiger partial charge in [0.25, 0.3) is 0 Å². The molecule has 0 heterocycles. The molecule has 1 aliphatic carbocycles. The van der Waals surface area contributed by atoms with E-state index in [0.29, 0.717) is 10.9 Å². The van der Waals surface area contributed by atoms with E-state index in [9.17, 15) is 5.11 Å². The van der Waals surface area contributed by atoms with Crippen LogP contribution < -0.4 is 0 Å². The molecule has 1 aliphatic rings. The predicted molar refractivity (Wildman–Crippen MR) is 83.3 cm³/mol. The van der Waals surface area contributed by atoms with Crippen LogP contribution in [-0.2, 0) is 0 Å². The summed E-state index contributed by atoms with van der Waals surface area (Å²) >= 11 is 6.08. The van der Waals surface area contributed by atoms with Gasteiger partial charge >= 0.3 is 0 Å². The molecule has 104 valence electrons. The summed E-state index contributed by atoms with van der Waals surface area (Å²) in [5.41, 5.74) is 4.31. The smallest absolute Gasteiger partial charge is 0.105 e. The Balaban J connectivity index is 2.01. The first-order chi connectivity index (χ1) is 9.66. The maximum atomic E-state index is 10.8. The highest BCUT2D eigenvalue weighted by atomic mass is 35.5. The lowest BCUT2D eigenvalue weighted by Crippen LogP contribution is -2.14. The van der Waals surface area contributed by atoms with Crippen LogP contribution in [0.15, 0.2) is 42.5 Å². The normalized spacial score (nSPS) is 16.8. The van der Waals surface area contributed by atoms with Crippen LogP contribution in [0.1, 0.15) is 53.5 Å². The van der Waals surface area contributed by atoms with Gasteiger partial charge in [-0.25, -0.2) is 0 Å². The second-order valence-electron chi connectivity index (χ2n) is 5.66. The fourth-order valence-electron chi connectivity index (χ4n) is 2.92. The number of aryl methyl sites for hydroxylation is 1. The van der Waals surface area contributed by atoms with E-state index in [1.807, 2.05) is 37.3 Å². The third-order valence-electron chi connectivity index (χ3n) is 4.37. The van der Waals surface area contributed by atoms with E-state index in [2.05, 4.69) is 12.1 Å². The Kier molecular flexibility index (Phi) is 3.82. The van der Waals surface area contributed by atoms with E-state index in [-0.39, 0.29) is 0 Å². The van der Waals surface area contributed by atoms with Crippen molar-refractivity contribution in [2.45, 2.75) is 38.2 Å². The zero-order valence-corrected chi connectivity index (χ0v) is 12.4. The van der Waals surface area contributed by atoms with Gasteiger partial charge in [0.1, 0.15) is 6.10 Å². The zero-order valence-electron chi connectivity index (χ0n) is 11.6. The predicted octanol–water partition coefficient (Wildman–Crippen LogP) is 5.00. The Bertz CT molecular complexity index is 617. The number of aliphatic hydroxyl groups excluding tert-OH is 1. The molecule has 1 saturated carbocycles. The van der Waals surface area contributed by atoms with Gasteiger partial charge in [-0.15, -0.1) is 0 Å². The van der Waals surface area contributed by atoms with Crippen LogP contribution in [0, 0.1) is 6.92 Å². The molecule has 1 fully saturated rings. The SMILES string of the molecule is Cc1ccc(Cl)cc1C(O)c1ccccc1C1CCC1. The molecule has 2 aromatic rings. The van der Waals surface area contributed by atoms with Crippen LogP contribution in [0.5, 0.6) is 0 Å². The van der Waals surface area contributed by atoms with Crippen molar-refractivity contribution in [1.29, 1.82) is 0 Å². The van der Waals surface area contributed by atoms with Crippen molar-refractivity contribution < 1.29 is 5.11 Å². The van der Waals surface area contributed by atoms with E-state index in [1.165, 1.54) is 24.8 Å². The molecule has 0 saturated heterocycles. The molecule has 3 rings (SSSR count). The number of hydrogen-bond acceptors (Lipinski definition) is 1. The fourth-order valence-corrected chi connectivity index (χ4v) is 3.10. The maximum Gasteiger partial charge on any atom is 0.105 e. The average Bonchev–Trinajstić information content (AvgIpc) is 2.39. The topological polar surface area (TPSA) is 20.2 Å². The van der Waals surface area contributed by atoms with Crippen molar-refractivity contribution in [3.63, 3.8) is 0 Å². The van der Waals surface area contributed by atoms with E-state index < -0.39 is 6.10 Å². The van der Waals surface area contributed by atoms with Crippen molar-refractivity contribution in [1.82, 2.24) is 0 Å². The van der Waals surface area contributed by atoms with Gasteiger partial charge in [-0.1, -0.05) is 48.4 Å². The van der Waals surface area contributed by atoms with Crippen LogP contribution in [0.25, 0.3) is 0 Å². The summed E-state index contributed by atoms with van der Waals surface area (Å²) in [5.74, 6) is 0.611. The Morgan fingerprint density at radius 2 is 1.85 bits per heavy atom. The number of hydrogen-bond donors (Lipinski definition) is 1. The quantitative estimate of drug-likeness (QED) is 0.842. The van der Waals surface area contributed by atoms with E-state index >= 15 is 0 Å². The summed E-state index contributed by atoms with van der Waals surface area (Å²) < 4.78 is 0. The summed E-state index contributed by atoms with van der Waals surface area (Å²) in [7, 11) is 0. The molecular formula is C18H19ClO. The number of benzene rings is 2. The lowest BCUT2D eigenvalue weighted by molar-refractivity contribution is 0.216. The third kappa shape index (κ3) is 2.48. The van der Waals surface area contributed by atoms with Crippen molar-refractivity contribution in [3.05, 3.63) is 69.7 Å². The molecule has 0 aromatic heterocycles. The minimum atomic E-state index is -0.592. The summed E-state index contributed by atoms with van der Waals surface area (Å²) in [6, 6.07) is 14.0. The molecule has 1 unspecified atom stereocenters. The maximum absolute atomic E-state index is 10.8. The van der Waals surface area contributed by atoms with Gasteiger partial charge < -0.3 is 5.11 Å². The van der Waals surface area contributed by atoms with Gasteiger partial charge in [0, 0.05) is 5.02 Å². The van der Waals surface area contributed by atoms with Crippen molar-refractivity contribution >= 4 is 11.6 Å². The lowest BCUT2D eigenvalue weighted by Gasteiger charge is -2.29. The molecular weight excluding hydrogens is 268 g/mol. The minimum absolute atomic E-state index is 0.592. The largest absolute Gasteiger partial charge is 0.384 e. The van der Waals surface area contributed by atoms with Crippen LogP contribution >= 0.6 is 11.6 Å². The van der Waals surface area contributed by atoms with Crippen LogP contribution in [0.2, 0.25) is 5.02 Å². The van der Waals surface area contributed by atoms with E-state index in [0.717, 1.165) is 16.7 Å². The Labute approximate surface area is 125 Å². The van der Waals surface area contributed by atoms with Crippen molar-refractivity contribution in [2.75, 3.05) is 0 Å². The molecule has 2 heteroatoms. The molecule has 2 aromatic carbocycles. The molecule has 0 spiro atoms. The molecule has 0 radical (unpaired) electrons. The monoisotopic (exact) mass is 286 g/mol. The Morgan fingerprint density at radius 1 is 1.10 bits per heavy atom. The van der Waals surface area contributed by atoms with Crippen LogP contribution in [0.3, 0.4) is 0 Å². The van der Waals surface area contributed by atoms with Crippen molar-refractivity contribution in [3.8, 4) is 0 Å². The highest BCUT2D eigenvalue weighted by molar-refractivity contribution is 6.30. The summed E-state index contributed by atoms with van der Waals surface area (Å²) in [6.07, 6.45) is 3.17. The fraction of sp³-hybridized carbons (Fsp3) is 0.333. The standard InChI is InChI=1S/C18H19ClO/c1-12-9-10-14(19)11-17(12)18(20)16-8-3-2-7-15(16)13-5-4-6-13/h2-3,7-11,13,18,20H,4-6H2,1H3. The average molecular weight is 287 g/mol. The lowest BCUT2D eigenvalue weighted by atomic mass is 9.77. The molecule has 0 amide bonds. The summed E-state index contributed by atoms with van der Waals surface area (Å²) in [5, 5.41) is 11.5. The number of rotatable bonds is 3. The molecule has 20 heavy (non-hydrogen) atoms. The molecule has 1 atom stereocenters. The van der Waals surface area contributed by atoms with Gasteiger partial charge in [0.05, 0.1) is 0 Å². The zero-order chi connectivity index (χ0) is 14.1. The van der Waals surface area contributed by atoms with E-state index in [4.69, 9.17) is 11.6 Å². The first-order valence-corrected chi connectivity index (χ1v) is 7.57. The second-order valence-corrected chi connectivity index (χ2v) is 6.10. The highest BCUT2D eigenvalue weighted by Gasteiger charge is 2.25.